The summed E-state index contributed by atoms with van der Waals surface area (Å²) in [5, 5.41) is 9.77. The zero-order valence-electron chi connectivity index (χ0n) is 10.4. The Morgan fingerprint density at radius 2 is 2.11 bits per heavy atom. The molecule has 19 heavy (non-hydrogen) atoms. The molecule has 1 heterocycles. The van der Waals surface area contributed by atoms with Crippen LogP contribution >= 0.6 is 38.9 Å². The van der Waals surface area contributed by atoms with Crippen LogP contribution in [0.2, 0.25) is 5.02 Å². The lowest BCUT2D eigenvalue weighted by atomic mass is 9.91. The average Bonchev–Trinajstić information content (AvgIpc) is 2.93. The molecule has 0 aromatic carbocycles. The van der Waals surface area contributed by atoms with Crippen molar-refractivity contribution in [3.05, 3.63) is 19.8 Å². The molecule has 2 rings (SSSR count). The third kappa shape index (κ3) is 3.03. The van der Waals surface area contributed by atoms with Gasteiger partial charge in [0, 0.05) is 5.92 Å². The predicted molar refractivity (Wildman–Crippen MR) is 79.0 cm³/mol. The zero-order chi connectivity index (χ0) is 14.2. The zero-order valence-corrected chi connectivity index (χ0v) is 13.5. The van der Waals surface area contributed by atoms with Crippen LogP contribution in [0.1, 0.15) is 35.9 Å². The van der Waals surface area contributed by atoms with E-state index in [0.717, 1.165) is 10.2 Å². The lowest BCUT2D eigenvalue weighted by molar-refractivity contribution is -0.142. The second kappa shape index (κ2) is 5.94. The SMILES string of the molecule is CCC1CC(C(=O)O)C(C(=O)c2cc(Cl)c(Br)s2)C1. The van der Waals surface area contributed by atoms with Crippen molar-refractivity contribution >= 4 is 50.6 Å². The summed E-state index contributed by atoms with van der Waals surface area (Å²) in [6.45, 7) is 2.04. The van der Waals surface area contributed by atoms with Gasteiger partial charge in [0.15, 0.2) is 5.78 Å². The molecule has 0 spiro atoms. The number of rotatable bonds is 4. The fourth-order valence-electron chi connectivity index (χ4n) is 2.69. The summed E-state index contributed by atoms with van der Waals surface area (Å²) in [5.41, 5.74) is 0. The van der Waals surface area contributed by atoms with Crippen molar-refractivity contribution in [1.29, 1.82) is 0 Å². The van der Waals surface area contributed by atoms with Gasteiger partial charge in [-0.2, -0.15) is 0 Å². The molecule has 0 saturated heterocycles. The van der Waals surface area contributed by atoms with E-state index in [2.05, 4.69) is 15.9 Å². The number of carbonyl (C=O) groups excluding carboxylic acids is 1. The highest BCUT2D eigenvalue weighted by molar-refractivity contribution is 9.11. The summed E-state index contributed by atoms with van der Waals surface area (Å²) in [4.78, 5) is 24.3. The number of ketones is 1. The molecule has 1 aliphatic rings. The van der Waals surface area contributed by atoms with Crippen molar-refractivity contribution in [2.45, 2.75) is 26.2 Å². The molecule has 104 valence electrons. The standard InChI is InChI=1S/C13H14BrClO3S/c1-2-6-3-7(8(4-6)13(17)18)11(16)10-5-9(15)12(14)19-10/h5-8H,2-4H2,1H3,(H,17,18). The molecule has 1 aromatic heterocycles. The molecule has 1 fully saturated rings. The van der Waals surface area contributed by atoms with Gasteiger partial charge < -0.3 is 5.11 Å². The van der Waals surface area contributed by atoms with Crippen molar-refractivity contribution in [2.75, 3.05) is 0 Å². The van der Waals surface area contributed by atoms with Crippen LogP contribution < -0.4 is 0 Å². The largest absolute Gasteiger partial charge is 0.481 e. The first kappa shape index (κ1) is 15.0. The normalized spacial score (nSPS) is 26.6. The van der Waals surface area contributed by atoms with Crippen LogP contribution in [0.25, 0.3) is 0 Å². The van der Waals surface area contributed by atoms with Gasteiger partial charge in [0.2, 0.25) is 0 Å². The van der Waals surface area contributed by atoms with E-state index in [1.54, 1.807) is 6.07 Å². The number of hydrogen-bond donors (Lipinski definition) is 1. The number of carboxylic acids is 1. The lowest BCUT2D eigenvalue weighted by Crippen LogP contribution is -2.24. The first-order chi connectivity index (χ1) is 8.93. The Bertz CT molecular complexity index is 494. The quantitative estimate of drug-likeness (QED) is 0.800. The topological polar surface area (TPSA) is 54.4 Å². The van der Waals surface area contributed by atoms with Gasteiger partial charge in [-0.15, -0.1) is 11.3 Å². The van der Waals surface area contributed by atoms with Crippen molar-refractivity contribution in [1.82, 2.24) is 0 Å². The minimum atomic E-state index is -0.865. The molecule has 0 bridgehead atoms. The fraction of sp³-hybridized carbons (Fsp3) is 0.538. The van der Waals surface area contributed by atoms with Crippen LogP contribution in [0.4, 0.5) is 0 Å². The number of halogens is 2. The Kier molecular flexibility index (Phi) is 4.69. The van der Waals surface area contributed by atoms with Crippen LogP contribution in [-0.4, -0.2) is 16.9 Å². The Labute approximate surface area is 129 Å². The van der Waals surface area contributed by atoms with Gasteiger partial charge in [0.05, 0.1) is 19.6 Å². The maximum Gasteiger partial charge on any atom is 0.307 e. The first-order valence-electron chi connectivity index (χ1n) is 6.15. The minimum Gasteiger partial charge on any atom is -0.481 e. The van der Waals surface area contributed by atoms with E-state index in [-0.39, 0.29) is 5.78 Å². The highest BCUT2D eigenvalue weighted by Gasteiger charge is 2.42. The molecule has 1 aliphatic carbocycles. The smallest absolute Gasteiger partial charge is 0.307 e. The maximum absolute atomic E-state index is 12.5. The van der Waals surface area contributed by atoms with E-state index in [1.165, 1.54) is 11.3 Å². The van der Waals surface area contributed by atoms with Crippen LogP contribution in [0.5, 0.6) is 0 Å². The molecule has 6 heteroatoms. The van der Waals surface area contributed by atoms with E-state index in [1.807, 2.05) is 6.92 Å². The summed E-state index contributed by atoms with van der Waals surface area (Å²) in [6.07, 6.45) is 2.18. The van der Waals surface area contributed by atoms with Crippen LogP contribution in [-0.2, 0) is 4.79 Å². The number of thiophene rings is 1. The molecule has 3 nitrogen and oxygen atoms in total. The predicted octanol–water partition coefficient (Wildman–Crippen LogP) is 4.48. The lowest BCUT2D eigenvalue weighted by Gasteiger charge is -2.12. The van der Waals surface area contributed by atoms with E-state index < -0.39 is 17.8 Å². The third-order valence-electron chi connectivity index (χ3n) is 3.78. The van der Waals surface area contributed by atoms with E-state index in [9.17, 15) is 14.7 Å². The molecule has 0 amide bonds. The molecule has 0 radical (unpaired) electrons. The van der Waals surface area contributed by atoms with Gasteiger partial charge in [-0.1, -0.05) is 24.9 Å². The molecule has 0 aliphatic heterocycles. The summed E-state index contributed by atoms with van der Waals surface area (Å²) in [6, 6.07) is 1.62. The highest BCUT2D eigenvalue weighted by Crippen LogP contribution is 2.42. The van der Waals surface area contributed by atoms with Gasteiger partial charge >= 0.3 is 5.97 Å². The molecule has 1 saturated carbocycles. The minimum absolute atomic E-state index is 0.0825. The Hall–Kier alpha value is -0.390. The summed E-state index contributed by atoms with van der Waals surface area (Å²) in [5.74, 6) is -1.59. The fourth-order valence-corrected chi connectivity index (χ4v) is 4.40. The number of carboxylic acid groups (broad SMARTS) is 1. The van der Waals surface area contributed by atoms with E-state index >= 15 is 0 Å². The van der Waals surface area contributed by atoms with Gasteiger partial charge in [-0.05, 0) is 40.8 Å². The summed E-state index contributed by atoms with van der Waals surface area (Å²) < 4.78 is 0.717. The number of aliphatic carboxylic acids is 1. The molecule has 1 N–H and O–H groups in total. The summed E-state index contributed by atoms with van der Waals surface area (Å²) in [7, 11) is 0. The van der Waals surface area contributed by atoms with E-state index in [0.29, 0.717) is 28.7 Å². The van der Waals surface area contributed by atoms with Crippen LogP contribution in [0.3, 0.4) is 0 Å². The maximum atomic E-state index is 12.5. The molecule has 1 aromatic rings. The Morgan fingerprint density at radius 1 is 1.47 bits per heavy atom. The Balaban J connectivity index is 2.23. The van der Waals surface area contributed by atoms with Crippen LogP contribution in [0, 0.1) is 17.8 Å². The summed E-state index contributed by atoms with van der Waals surface area (Å²) >= 11 is 10.5. The van der Waals surface area contributed by atoms with E-state index in [4.69, 9.17) is 11.6 Å². The number of hydrogen-bond acceptors (Lipinski definition) is 3. The molecular formula is C13H14BrClO3S. The van der Waals surface area contributed by atoms with Crippen molar-refractivity contribution in [3.8, 4) is 0 Å². The third-order valence-corrected chi connectivity index (χ3v) is 6.27. The van der Waals surface area contributed by atoms with Crippen molar-refractivity contribution < 1.29 is 14.7 Å². The average molecular weight is 366 g/mol. The van der Waals surface area contributed by atoms with Crippen LogP contribution in [0.15, 0.2) is 9.85 Å². The highest BCUT2D eigenvalue weighted by atomic mass is 79.9. The second-order valence-corrected chi connectivity index (χ2v) is 7.67. The Morgan fingerprint density at radius 3 is 2.58 bits per heavy atom. The van der Waals surface area contributed by atoms with Crippen molar-refractivity contribution in [2.24, 2.45) is 17.8 Å². The second-order valence-electron chi connectivity index (χ2n) is 4.89. The molecule has 3 atom stereocenters. The van der Waals surface area contributed by atoms with Gasteiger partial charge in [0.25, 0.3) is 0 Å². The number of Topliss-reactive ketones (excluding diaryl/α,β-unsaturated/α-hetero) is 1. The monoisotopic (exact) mass is 364 g/mol. The van der Waals surface area contributed by atoms with Gasteiger partial charge in [-0.3, -0.25) is 9.59 Å². The van der Waals surface area contributed by atoms with Gasteiger partial charge in [-0.25, -0.2) is 0 Å². The first-order valence-corrected chi connectivity index (χ1v) is 8.14. The molecular weight excluding hydrogens is 352 g/mol. The molecule has 3 unspecified atom stereocenters. The number of carbonyl (C=O) groups is 2. The van der Waals surface area contributed by atoms with Crippen molar-refractivity contribution in [3.63, 3.8) is 0 Å². The van der Waals surface area contributed by atoms with Gasteiger partial charge in [0.1, 0.15) is 0 Å².